The van der Waals surface area contributed by atoms with Crippen molar-refractivity contribution in [2.75, 3.05) is 9.80 Å². The molecule has 3 unspecified atom stereocenters. The van der Waals surface area contributed by atoms with Crippen LogP contribution >= 0.6 is 0 Å². The second-order valence-electron chi connectivity index (χ2n) is 26.1. The summed E-state index contributed by atoms with van der Waals surface area (Å²) in [5, 5.41) is 0. The summed E-state index contributed by atoms with van der Waals surface area (Å²) in [6.07, 6.45) is 19.9. The van der Waals surface area contributed by atoms with Gasteiger partial charge in [-0.1, -0.05) is 209 Å². The maximum atomic E-state index is 6.11. The normalized spacial score (nSPS) is 18.0. The SMILES string of the molecule is C=C/C(=C\C=C(/C)N(C1=CC=C2c3ccccc3C(C)(C)C2C1)c1ccc(-c2ccccc2)cc1)c1ccc2c(c1)C(C)/C(=C\C=C(/C)c1ccc(C(=C)CCC(=C)C(CC(C)(C)C)C(C)(C)C)cc1)N2c1ccc(OC(C)C)cc1. The summed E-state index contributed by atoms with van der Waals surface area (Å²) in [7, 11) is 0. The summed E-state index contributed by atoms with van der Waals surface area (Å²) in [6, 6.07) is 53.1. The highest BCUT2D eigenvalue weighted by atomic mass is 16.5. The van der Waals surface area contributed by atoms with Gasteiger partial charge in [-0.05, 0) is 215 Å². The van der Waals surface area contributed by atoms with Crippen molar-refractivity contribution in [3.8, 4) is 16.9 Å². The van der Waals surface area contributed by atoms with Crippen LogP contribution in [0.3, 0.4) is 0 Å². The predicted octanol–water partition coefficient (Wildman–Crippen LogP) is 22.1. The molecule has 1 aliphatic heterocycles. The van der Waals surface area contributed by atoms with E-state index in [2.05, 4.69) is 302 Å². The monoisotopic (exact) mass is 1070 g/mol. The van der Waals surface area contributed by atoms with Crippen molar-refractivity contribution in [3.05, 3.63) is 264 Å². The Morgan fingerprint density at radius 2 is 1.37 bits per heavy atom. The van der Waals surface area contributed by atoms with E-state index in [0.717, 1.165) is 65.2 Å². The second-order valence-corrected chi connectivity index (χ2v) is 26.1. The first-order valence-corrected chi connectivity index (χ1v) is 29.6. The zero-order valence-corrected chi connectivity index (χ0v) is 51.0. The molecular weight excluding hydrogens is 981 g/mol. The highest BCUT2D eigenvalue weighted by Gasteiger charge is 2.44. The maximum Gasteiger partial charge on any atom is 0.119 e. The quantitative estimate of drug-likeness (QED) is 0.0630. The van der Waals surface area contributed by atoms with E-state index in [9.17, 15) is 0 Å². The van der Waals surface area contributed by atoms with Crippen LogP contribution in [0.1, 0.15) is 155 Å². The fourth-order valence-corrected chi connectivity index (χ4v) is 12.7. The molecule has 2 aliphatic carbocycles. The molecule has 416 valence electrons. The van der Waals surface area contributed by atoms with Gasteiger partial charge in [-0.15, -0.1) is 0 Å². The van der Waals surface area contributed by atoms with E-state index in [-0.39, 0.29) is 28.3 Å². The van der Waals surface area contributed by atoms with Gasteiger partial charge in [-0.2, -0.15) is 0 Å². The smallest absolute Gasteiger partial charge is 0.119 e. The highest BCUT2D eigenvalue weighted by Crippen LogP contribution is 2.55. The summed E-state index contributed by atoms with van der Waals surface area (Å²) in [5.74, 6) is 1.81. The van der Waals surface area contributed by atoms with Crippen LogP contribution in [0.15, 0.2) is 231 Å². The number of fused-ring (bicyclic) bond motifs is 4. The van der Waals surface area contributed by atoms with Crippen molar-refractivity contribution >= 4 is 39.4 Å². The van der Waals surface area contributed by atoms with E-state index in [1.807, 2.05) is 6.08 Å². The molecule has 0 saturated heterocycles. The molecule has 1 heterocycles. The second kappa shape index (κ2) is 23.8. The number of ether oxygens (including phenoxy) is 1. The predicted molar refractivity (Wildman–Crippen MR) is 352 cm³/mol. The Balaban J connectivity index is 1.01. The topological polar surface area (TPSA) is 15.7 Å². The Labute approximate surface area is 487 Å². The fourth-order valence-electron chi connectivity index (χ4n) is 12.7. The largest absolute Gasteiger partial charge is 0.491 e. The molecule has 0 bridgehead atoms. The molecule has 0 spiro atoms. The van der Waals surface area contributed by atoms with Crippen molar-refractivity contribution < 1.29 is 4.74 Å². The van der Waals surface area contributed by atoms with Gasteiger partial charge in [0.2, 0.25) is 0 Å². The number of anilines is 3. The lowest BCUT2D eigenvalue weighted by Gasteiger charge is -2.37. The third kappa shape index (κ3) is 12.8. The summed E-state index contributed by atoms with van der Waals surface area (Å²) in [4.78, 5) is 4.88. The lowest BCUT2D eigenvalue weighted by Crippen LogP contribution is -2.30. The first kappa shape index (κ1) is 58.0. The summed E-state index contributed by atoms with van der Waals surface area (Å²) >= 11 is 0. The molecule has 0 saturated carbocycles. The van der Waals surface area contributed by atoms with Crippen LogP contribution < -0.4 is 14.5 Å². The average Bonchev–Trinajstić information content (AvgIpc) is 4.12. The van der Waals surface area contributed by atoms with Gasteiger partial charge in [-0.3, -0.25) is 0 Å². The van der Waals surface area contributed by atoms with Crippen LogP contribution in [0.5, 0.6) is 5.75 Å². The number of allylic oxidation sites excluding steroid dienone is 15. The third-order valence-corrected chi connectivity index (χ3v) is 17.2. The maximum absolute atomic E-state index is 6.11. The molecule has 3 nitrogen and oxygen atoms in total. The van der Waals surface area contributed by atoms with Crippen molar-refractivity contribution in [3.63, 3.8) is 0 Å². The minimum Gasteiger partial charge on any atom is -0.491 e. The molecule has 0 fully saturated rings. The van der Waals surface area contributed by atoms with Crippen LogP contribution in [-0.2, 0) is 5.41 Å². The van der Waals surface area contributed by atoms with Gasteiger partial charge in [-0.25, -0.2) is 0 Å². The molecule has 3 heteroatoms. The molecule has 0 N–H and O–H groups in total. The molecule has 3 aliphatic rings. The van der Waals surface area contributed by atoms with Crippen molar-refractivity contribution in [2.24, 2.45) is 22.7 Å². The first-order chi connectivity index (χ1) is 38.5. The van der Waals surface area contributed by atoms with Crippen LogP contribution in [-0.4, -0.2) is 6.10 Å². The van der Waals surface area contributed by atoms with E-state index < -0.39 is 0 Å². The lowest BCUT2D eigenvalue weighted by atomic mass is 9.68. The minimum absolute atomic E-state index is 0.0105. The van der Waals surface area contributed by atoms with Crippen molar-refractivity contribution in [1.29, 1.82) is 0 Å². The molecule has 81 heavy (non-hydrogen) atoms. The molecule has 0 aromatic heterocycles. The number of rotatable bonds is 18. The molecular formula is C78H88N2O. The van der Waals surface area contributed by atoms with Gasteiger partial charge < -0.3 is 14.5 Å². The summed E-state index contributed by atoms with van der Waals surface area (Å²) < 4.78 is 6.11. The Hall–Kier alpha value is -7.62. The molecule has 6 aromatic rings. The lowest BCUT2D eigenvalue weighted by molar-refractivity contribution is 0.193. The van der Waals surface area contributed by atoms with Gasteiger partial charge >= 0.3 is 0 Å². The van der Waals surface area contributed by atoms with E-state index >= 15 is 0 Å². The highest BCUT2D eigenvalue weighted by molar-refractivity contribution is 5.85. The van der Waals surface area contributed by atoms with E-state index in [1.165, 1.54) is 72.7 Å². The van der Waals surface area contributed by atoms with Gasteiger partial charge in [0.25, 0.3) is 0 Å². The van der Waals surface area contributed by atoms with E-state index in [0.29, 0.717) is 11.8 Å². The van der Waals surface area contributed by atoms with Gasteiger partial charge in [0.1, 0.15) is 5.75 Å². The Bertz CT molecular complexity index is 3480. The standard InChI is InChI=1S/C78H88N2O/c1-17-58(31-30-56(7)79(64-39-36-62(37-40-64)61-23-19-18-20-24-61)66-43-46-69-68-25-21-22-26-71(68)78(15,16)72(69)50-66)63-38-48-75-70(49-63)57(8)74(80(75)65-41-44-67(45-42-65)81-52(2)3)47-29-54(5)60-34-32-59(33-35-60)53(4)27-28-55(6)73(77(12,13)14)51-76(9,10)11/h17-26,29-49,52,57,72-73H,1,4,6,27-28,50-51H2,2-3,5,7-16H3/b54-29+,56-30+,58-31+,74-47+. The van der Waals surface area contributed by atoms with Crippen LogP contribution in [0.25, 0.3) is 33.4 Å². The van der Waals surface area contributed by atoms with Crippen molar-refractivity contribution in [1.82, 2.24) is 0 Å². The molecule has 0 amide bonds. The Kier molecular flexibility index (Phi) is 17.1. The van der Waals surface area contributed by atoms with Crippen LogP contribution in [0.4, 0.5) is 17.1 Å². The third-order valence-electron chi connectivity index (χ3n) is 17.2. The van der Waals surface area contributed by atoms with Gasteiger partial charge in [0.05, 0.1) is 6.10 Å². The molecule has 3 atom stereocenters. The van der Waals surface area contributed by atoms with E-state index in [1.54, 1.807) is 0 Å². The van der Waals surface area contributed by atoms with Crippen LogP contribution in [0, 0.1) is 22.7 Å². The Morgan fingerprint density at radius 1 is 0.728 bits per heavy atom. The van der Waals surface area contributed by atoms with Gasteiger partial charge in [0.15, 0.2) is 0 Å². The van der Waals surface area contributed by atoms with Crippen molar-refractivity contribution in [2.45, 2.75) is 133 Å². The number of benzene rings is 6. The average molecular weight is 1070 g/mol. The Morgan fingerprint density at radius 3 is 2.02 bits per heavy atom. The summed E-state index contributed by atoms with van der Waals surface area (Å²) in [5.41, 5.74) is 23.7. The minimum atomic E-state index is 0.0105. The molecule has 9 rings (SSSR count). The number of hydrogen-bond acceptors (Lipinski definition) is 3. The zero-order chi connectivity index (χ0) is 58.0. The van der Waals surface area contributed by atoms with Crippen LogP contribution in [0.2, 0.25) is 0 Å². The summed E-state index contributed by atoms with van der Waals surface area (Å²) in [6.45, 7) is 43.4. The molecule has 0 radical (unpaired) electrons. The zero-order valence-electron chi connectivity index (χ0n) is 51.0. The number of hydrogen-bond donors (Lipinski definition) is 0. The van der Waals surface area contributed by atoms with Gasteiger partial charge in [0, 0.05) is 40.1 Å². The number of nitrogens with zero attached hydrogens (tertiary/aromatic N) is 2. The van der Waals surface area contributed by atoms with E-state index in [4.69, 9.17) is 4.74 Å². The molecule has 6 aromatic carbocycles. The fraction of sp³-hybridized carbons (Fsp3) is 0.308. The first-order valence-electron chi connectivity index (χ1n) is 29.6.